The topological polar surface area (TPSA) is 238 Å². The molecule has 776 valence electrons. The third-order valence-electron chi connectivity index (χ3n) is 24.1. The molecule has 0 aliphatic heterocycles. The number of nitrogens with zero attached hydrogens (tertiary/aromatic N) is 4. The van der Waals surface area contributed by atoms with Gasteiger partial charge in [-0.05, 0) is 95.6 Å². The van der Waals surface area contributed by atoms with Crippen molar-refractivity contribution in [2.24, 2.45) is 43.3 Å². The summed E-state index contributed by atoms with van der Waals surface area (Å²) >= 11 is 0. The molecule has 0 aliphatic carbocycles. The number of rotatable bonds is 12. The predicted octanol–water partition coefficient (Wildman–Crippen LogP) is 31.5. The summed E-state index contributed by atoms with van der Waals surface area (Å²) in [5.41, 5.74) is 26.7. The number of carbonyl (C=O) groups excluding carboxylic acids is 4. The molecule has 0 bridgehead atoms. The van der Waals surface area contributed by atoms with Crippen LogP contribution in [0, 0.1) is 165 Å². The van der Waals surface area contributed by atoms with E-state index in [2.05, 4.69) is 176 Å². The molecule has 0 aliphatic rings. The summed E-state index contributed by atoms with van der Waals surface area (Å²) in [4.78, 5) is 65.1. The number of ether oxygens (including phenoxy) is 4. The number of pyridine rings is 4. The fraction of sp³-hybridized carbons (Fsp3) is 0.410. The van der Waals surface area contributed by atoms with E-state index >= 15 is 0 Å². The minimum atomic E-state index is -0.417. The summed E-state index contributed by atoms with van der Waals surface area (Å²) in [6.45, 7) is 74.3. The van der Waals surface area contributed by atoms with Crippen LogP contribution in [0.5, 0.6) is 23.0 Å². The minimum Gasteiger partial charge on any atom is -0.512 e. The van der Waals surface area contributed by atoms with Gasteiger partial charge in [0, 0.05) is 170 Å². The van der Waals surface area contributed by atoms with E-state index < -0.39 is 21.7 Å². The number of hydrogen-bond acceptors (Lipinski definition) is 16. The molecule has 0 amide bonds. The van der Waals surface area contributed by atoms with E-state index in [1.54, 1.807) is 28.4 Å². The second kappa shape index (κ2) is 54.3. The number of carbonyl (C=O) groups is 4. The zero-order valence-corrected chi connectivity index (χ0v) is 102. The fourth-order valence-electron chi connectivity index (χ4n) is 12.8. The first kappa shape index (κ1) is 130. The van der Waals surface area contributed by atoms with Gasteiger partial charge in [-0.25, -0.2) is 0 Å². The second-order valence-corrected chi connectivity index (χ2v) is 43.8. The molecule has 0 unspecified atom stereocenters. The van der Waals surface area contributed by atoms with Crippen molar-refractivity contribution in [1.82, 2.24) is 19.9 Å². The SMILES string of the molecule is CC(C)(C)C(=O)C=C(O)C(C)(C)C.CC(C)(C)C(=O)C=C(O)C(C)(C)C.CC(C)(C)C(=O)C=C(O)C(C)(C)C.CC(C)(C)C(=O)C=C(O)C(C)(C)C.COc1ccc2nc(-c3[c-]c(C)c(C)c(C)c3C)ccc2c1.COc1ccc2nc(-c3[c-]c(C)c(C)c(C)c3C)ccc2c1.COc1ccc2nc(-c3[c-]c(C)cc(C)c3C)ccc2c1.COc1ccc2nc(-c3[c-]cc(C)c(C)c3C)ccc2c1.[Ir].[Ir].[Ir].[Ir]. The molecule has 12 rings (SSSR count). The number of allylic oxidation sites excluding steroid dienone is 8. The van der Waals surface area contributed by atoms with Crippen molar-refractivity contribution >= 4 is 66.7 Å². The number of methoxy groups -OCH3 is 4. The van der Waals surface area contributed by atoms with Crippen LogP contribution in [0.2, 0.25) is 0 Å². The molecule has 20 heteroatoms. The Hall–Kier alpha value is -9.96. The Morgan fingerprint density at radius 3 is 0.711 bits per heavy atom. The van der Waals surface area contributed by atoms with Crippen LogP contribution in [-0.4, -0.2) is 91.9 Å². The van der Waals surface area contributed by atoms with Crippen LogP contribution in [0.15, 0.2) is 181 Å². The maximum absolute atomic E-state index is 11.5. The van der Waals surface area contributed by atoms with E-state index in [1.165, 1.54) is 96.6 Å². The normalized spacial score (nSPS) is 11.9. The van der Waals surface area contributed by atoms with Gasteiger partial charge in [-0.3, -0.25) is 39.1 Å². The molecule has 8 aromatic carbocycles. The summed E-state index contributed by atoms with van der Waals surface area (Å²) in [5, 5.41) is 42.6. The number of hydrogen-bond donors (Lipinski definition) is 4. The summed E-state index contributed by atoms with van der Waals surface area (Å²) in [6, 6.07) is 58.4. The zero-order valence-electron chi connectivity index (χ0n) is 92.2. The first-order chi connectivity index (χ1) is 63.4. The van der Waals surface area contributed by atoms with Crippen molar-refractivity contribution in [1.29, 1.82) is 0 Å². The Morgan fingerprint density at radius 1 is 0.261 bits per heavy atom. The van der Waals surface area contributed by atoms with Crippen LogP contribution < -0.4 is 18.9 Å². The standard InChI is InChI=1S/2C20H20NO.2C19H18NO.4C11H20O2.4Ir/c2*1-12-10-18(15(4)14(3)13(12)2)20-8-6-16-11-17(22-5)7-9-19(16)21-20;1-12-5-8-17(14(3)13(12)2)19-9-6-15-11-16(21-4)7-10-18(15)20-19;1-12-9-13(2)14(3)17(10-12)19-7-5-15-11-16(21-4)6-8-18(15)20-19;4*1-10(2,3)8(12)7-9(13)11(4,5)6;;;;/h2*6-9,11H,1-5H3;5-7,9-11H,1-4H3;5-9,11H,1-4H3;4*7,12H,1-6H3;;;;/q4*-1;;;;;;;;. The van der Waals surface area contributed by atoms with Crippen molar-refractivity contribution in [3.8, 4) is 68.0 Å². The van der Waals surface area contributed by atoms with Gasteiger partial charge in [0.1, 0.15) is 46.0 Å². The summed E-state index contributed by atoms with van der Waals surface area (Å²) in [5.74, 6) is 3.83. The van der Waals surface area contributed by atoms with Gasteiger partial charge in [0.25, 0.3) is 0 Å². The van der Waals surface area contributed by atoms with E-state index in [0.717, 1.165) is 117 Å². The first-order valence-electron chi connectivity index (χ1n) is 47.0. The van der Waals surface area contributed by atoms with Gasteiger partial charge < -0.3 is 39.4 Å². The van der Waals surface area contributed by atoms with E-state index in [0.29, 0.717) is 0 Å². The molecular weight excluding hydrogens is 2480 g/mol. The van der Waals surface area contributed by atoms with Crippen molar-refractivity contribution in [3.63, 3.8) is 0 Å². The average molecular weight is 2640 g/mol. The number of benzene rings is 8. The smallest absolute Gasteiger partial charge is 0.164 e. The average Bonchev–Trinajstić information content (AvgIpc) is 0.802. The maximum atomic E-state index is 11.5. The van der Waals surface area contributed by atoms with Crippen LogP contribution in [0.4, 0.5) is 0 Å². The summed E-state index contributed by atoms with van der Waals surface area (Å²) < 4.78 is 21.0. The van der Waals surface area contributed by atoms with E-state index in [1.807, 2.05) is 245 Å². The Balaban J connectivity index is 0.000000818. The monoisotopic (exact) mass is 2640 g/mol. The molecule has 0 saturated carbocycles. The van der Waals surface area contributed by atoms with Crippen molar-refractivity contribution < 1.29 is 139 Å². The molecule has 142 heavy (non-hydrogen) atoms. The largest absolute Gasteiger partial charge is 0.512 e. The van der Waals surface area contributed by atoms with E-state index in [9.17, 15) is 39.6 Å². The number of aliphatic hydroxyl groups excluding tert-OH is 4. The number of aliphatic hydroxyl groups is 4. The van der Waals surface area contributed by atoms with Crippen molar-refractivity contribution in [2.45, 2.75) is 263 Å². The van der Waals surface area contributed by atoms with E-state index in [-0.39, 0.29) is 148 Å². The van der Waals surface area contributed by atoms with Crippen LogP contribution >= 0.6 is 0 Å². The number of aryl methyl sites for hydroxylation is 5. The van der Waals surface area contributed by atoms with Gasteiger partial charge in [-0.2, -0.15) is 0 Å². The van der Waals surface area contributed by atoms with Crippen molar-refractivity contribution in [2.75, 3.05) is 28.4 Å². The molecule has 4 aromatic heterocycles. The molecule has 0 atom stereocenters. The van der Waals surface area contributed by atoms with Crippen LogP contribution in [0.25, 0.3) is 88.6 Å². The maximum Gasteiger partial charge on any atom is 0.164 e. The Morgan fingerprint density at radius 2 is 0.486 bits per heavy atom. The molecular formula is C122H156Ir4N4O12-4. The van der Waals surface area contributed by atoms with Gasteiger partial charge in [0.05, 0.1) is 50.5 Å². The Bertz CT molecular complexity index is 6160. The quantitative estimate of drug-likeness (QED) is 0.0505. The minimum absolute atomic E-state index is 0. The summed E-state index contributed by atoms with van der Waals surface area (Å²) in [6.07, 6.45) is 5.33. The zero-order chi connectivity index (χ0) is 105. The molecule has 16 nitrogen and oxygen atoms in total. The molecule has 0 saturated heterocycles. The van der Waals surface area contributed by atoms with Crippen LogP contribution in [0.1, 0.15) is 244 Å². The van der Waals surface area contributed by atoms with Gasteiger partial charge in [-0.15, -0.1) is 137 Å². The number of aromatic nitrogens is 4. The number of ketones is 4. The second-order valence-electron chi connectivity index (χ2n) is 43.8. The van der Waals surface area contributed by atoms with E-state index in [4.69, 9.17) is 38.9 Å². The van der Waals surface area contributed by atoms with Crippen LogP contribution in [-0.2, 0) is 99.6 Å². The van der Waals surface area contributed by atoms with Gasteiger partial charge >= 0.3 is 0 Å². The molecule has 4 heterocycles. The summed E-state index contributed by atoms with van der Waals surface area (Å²) in [7, 11) is 6.71. The Labute approximate surface area is 904 Å². The predicted molar refractivity (Wildman–Crippen MR) is 575 cm³/mol. The molecule has 12 aromatic rings. The van der Waals surface area contributed by atoms with Crippen LogP contribution in [0.3, 0.4) is 0 Å². The van der Waals surface area contributed by atoms with Gasteiger partial charge in [-0.1, -0.05) is 312 Å². The molecule has 4 radical (unpaired) electrons. The van der Waals surface area contributed by atoms with Gasteiger partial charge in [0.2, 0.25) is 0 Å². The number of fused-ring (bicyclic) bond motifs is 4. The van der Waals surface area contributed by atoms with Gasteiger partial charge in [0.15, 0.2) is 23.1 Å². The molecule has 0 fully saturated rings. The third kappa shape index (κ3) is 37.9. The fourth-order valence-corrected chi connectivity index (χ4v) is 12.8. The first-order valence-corrected chi connectivity index (χ1v) is 47.0. The molecule has 4 N–H and O–H groups in total. The molecule has 0 spiro atoms. The third-order valence-corrected chi connectivity index (χ3v) is 24.1. The van der Waals surface area contributed by atoms with Crippen molar-refractivity contribution in [3.05, 3.63) is 283 Å². The Kier molecular flexibility index (Phi) is 49.7.